The fraction of sp³-hybridized carbons (Fsp3) is 0.167. The van der Waals surface area contributed by atoms with Crippen molar-refractivity contribution in [3.05, 3.63) is 71.7 Å². The Bertz CT molecular complexity index is 772. The van der Waals surface area contributed by atoms with E-state index in [9.17, 15) is 4.39 Å². The molecule has 0 aliphatic heterocycles. The lowest BCUT2D eigenvalue weighted by Crippen LogP contribution is -2.02. The topological polar surface area (TPSA) is 45.1 Å². The minimum Gasteiger partial charge on any atom is -0.396 e. The van der Waals surface area contributed by atoms with E-state index in [1.807, 2.05) is 30.3 Å². The Kier molecular flexibility index (Phi) is 4.30. The smallest absolute Gasteiger partial charge is 0.124 e. The van der Waals surface area contributed by atoms with Crippen molar-refractivity contribution in [1.29, 1.82) is 0 Å². The maximum Gasteiger partial charge on any atom is 0.124 e. The number of halogens is 1. The summed E-state index contributed by atoms with van der Waals surface area (Å²) >= 11 is 0. The number of aliphatic hydroxyl groups is 1. The Balaban J connectivity index is 1.78. The highest BCUT2D eigenvalue weighted by molar-refractivity contribution is 5.81. The molecule has 0 fully saturated rings. The number of nitrogens with zero attached hydrogens (tertiary/aromatic N) is 1. The summed E-state index contributed by atoms with van der Waals surface area (Å²) in [7, 11) is 0. The Hall–Kier alpha value is -2.46. The van der Waals surface area contributed by atoms with E-state index in [2.05, 4.69) is 10.3 Å². The van der Waals surface area contributed by atoms with E-state index < -0.39 is 0 Å². The first-order valence-electron chi connectivity index (χ1n) is 7.23. The summed E-state index contributed by atoms with van der Waals surface area (Å²) in [6, 6.07) is 14.5. The number of benzene rings is 2. The molecular weight excluding hydrogens is 279 g/mol. The molecule has 0 unspecified atom stereocenters. The lowest BCUT2D eigenvalue weighted by molar-refractivity contribution is 0.299. The van der Waals surface area contributed by atoms with Gasteiger partial charge in [0.25, 0.3) is 0 Å². The molecule has 0 bridgehead atoms. The van der Waals surface area contributed by atoms with E-state index in [0.717, 1.165) is 27.7 Å². The van der Waals surface area contributed by atoms with Crippen molar-refractivity contribution < 1.29 is 9.50 Å². The van der Waals surface area contributed by atoms with Crippen LogP contribution >= 0.6 is 0 Å². The fourth-order valence-electron chi connectivity index (χ4n) is 2.48. The summed E-state index contributed by atoms with van der Waals surface area (Å²) in [4.78, 5) is 4.34. The predicted octanol–water partition coefficient (Wildman–Crippen LogP) is 3.52. The molecule has 3 aromatic rings. The van der Waals surface area contributed by atoms with Crippen molar-refractivity contribution in [2.75, 3.05) is 11.9 Å². The van der Waals surface area contributed by atoms with Crippen LogP contribution in [0, 0.1) is 5.82 Å². The second-order valence-corrected chi connectivity index (χ2v) is 5.16. The van der Waals surface area contributed by atoms with Gasteiger partial charge >= 0.3 is 0 Å². The van der Waals surface area contributed by atoms with Crippen molar-refractivity contribution in [2.24, 2.45) is 0 Å². The largest absolute Gasteiger partial charge is 0.396 e. The highest BCUT2D eigenvalue weighted by Gasteiger charge is 2.05. The van der Waals surface area contributed by atoms with Crippen molar-refractivity contribution in [3.63, 3.8) is 0 Å². The van der Waals surface area contributed by atoms with Crippen LogP contribution in [-0.2, 0) is 13.0 Å². The molecule has 1 heterocycles. The second kappa shape index (κ2) is 6.54. The molecule has 0 spiro atoms. The number of pyridine rings is 1. The summed E-state index contributed by atoms with van der Waals surface area (Å²) in [5.41, 5.74) is 3.68. The number of aromatic nitrogens is 1. The molecule has 3 rings (SSSR count). The average Bonchev–Trinajstić information content (AvgIpc) is 2.54. The third-order valence-electron chi connectivity index (χ3n) is 3.59. The molecule has 2 aromatic carbocycles. The molecule has 0 aliphatic carbocycles. The van der Waals surface area contributed by atoms with Gasteiger partial charge in [-0.2, -0.15) is 0 Å². The highest BCUT2D eigenvalue weighted by atomic mass is 19.1. The molecule has 2 N–H and O–H groups in total. The van der Waals surface area contributed by atoms with Crippen LogP contribution in [0.5, 0.6) is 0 Å². The van der Waals surface area contributed by atoms with Gasteiger partial charge in [0.2, 0.25) is 0 Å². The lowest BCUT2D eigenvalue weighted by Gasteiger charge is -2.10. The van der Waals surface area contributed by atoms with Gasteiger partial charge in [0.15, 0.2) is 0 Å². The third kappa shape index (κ3) is 3.23. The van der Waals surface area contributed by atoms with Crippen LogP contribution in [0.15, 0.2) is 54.7 Å². The quantitative estimate of drug-likeness (QED) is 0.757. The summed E-state index contributed by atoms with van der Waals surface area (Å²) in [6.45, 7) is 0.651. The van der Waals surface area contributed by atoms with E-state index in [1.54, 1.807) is 12.3 Å². The van der Waals surface area contributed by atoms with Gasteiger partial charge in [-0.1, -0.05) is 18.2 Å². The summed E-state index contributed by atoms with van der Waals surface area (Å²) < 4.78 is 13.7. The molecule has 4 heteroatoms. The zero-order chi connectivity index (χ0) is 15.4. The van der Waals surface area contributed by atoms with Crippen LogP contribution in [-0.4, -0.2) is 16.7 Å². The molecular formula is C18H17FN2O. The second-order valence-electron chi connectivity index (χ2n) is 5.16. The van der Waals surface area contributed by atoms with Crippen LogP contribution < -0.4 is 5.32 Å². The SMILES string of the molecule is OCCc1ccc(NCc2cc(F)cc3cccnc23)cc1. The minimum absolute atomic E-state index is 0.147. The van der Waals surface area contributed by atoms with E-state index in [4.69, 9.17) is 5.11 Å². The van der Waals surface area contributed by atoms with Gasteiger partial charge in [0.1, 0.15) is 5.82 Å². The summed E-state index contributed by atoms with van der Waals surface area (Å²) in [5.74, 6) is -0.254. The summed E-state index contributed by atoms with van der Waals surface area (Å²) in [5, 5.41) is 13.0. The molecule has 0 saturated carbocycles. The van der Waals surface area contributed by atoms with Gasteiger partial charge in [0, 0.05) is 36.0 Å². The van der Waals surface area contributed by atoms with E-state index >= 15 is 0 Å². The Morgan fingerprint density at radius 3 is 2.68 bits per heavy atom. The lowest BCUT2D eigenvalue weighted by atomic mass is 10.1. The van der Waals surface area contributed by atoms with Gasteiger partial charge < -0.3 is 10.4 Å². The van der Waals surface area contributed by atoms with Gasteiger partial charge in [0.05, 0.1) is 5.52 Å². The Morgan fingerprint density at radius 2 is 1.91 bits per heavy atom. The summed E-state index contributed by atoms with van der Waals surface area (Å²) in [6.07, 6.45) is 2.37. The Morgan fingerprint density at radius 1 is 1.09 bits per heavy atom. The van der Waals surface area contributed by atoms with E-state index in [-0.39, 0.29) is 12.4 Å². The number of anilines is 1. The average molecular weight is 296 g/mol. The van der Waals surface area contributed by atoms with Crippen LogP contribution in [0.25, 0.3) is 10.9 Å². The number of fused-ring (bicyclic) bond motifs is 1. The van der Waals surface area contributed by atoms with E-state index in [1.165, 1.54) is 12.1 Å². The zero-order valence-corrected chi connectivity index (χ0v) is 12.1. The van der Waals surface area contributed by atoms with Crippen LogP contribution in [0.2, 0.25) is 0 Å². The molecule has 0 atom stereocenters. The van der Waals surface area contributed by atoms with Crippen molar-refractivity contribution in [2.45, 2.75) is 13.0 Å². The molecule has 3 nitrogen and oxygen atoms in total. The molecule has 112 valence electrons. The minimum atomic E-state index is -0.254. The third-order valence-corrected chi connectivity index (χ3v) is 3.59. The molecule has 22 heavy (non-hydrogen) atoms. The predicted molar refractivity (Wildman–Crippen MR) is 86.3 cm³/mol. The molecule has 0 aliphatic rings. The standard InChI is InChI=1S/C18H17FN2O/c19-16-10-14-2-1-8-20-18(14)15(11-16)12-21-17-5-3-13(4-6-17)7-9-22/h1-6,8,10-11,21-22H,7,9,12H2. The van der Waals surface area contributed by atoms with Crippen molar-refractivity contribution in [1.82, 2.24) is 4.98 Å². The maximum atomic E-state index is 13.7. The number of aliphatic hydroxyl groups excluding tert-OH is 1. The highest BCUT2D eigenvalue weighted by Crippen LogP contribution is 2.20. The van der Waals surface area contributed by atoms with Gasteiger partial charge in [-0.05, 0) is 42.3 Å². The van der Waals surface area contributed by atoms with Gasteiger partial charge in [-0.15, -0.1) is 0 Å². The first kappa shape index (κ1) is 14.5. The van der Waals surface area contributed by atoms with Crippen molar-refractivity contribution >= 4 is 16.6 Å². The van der Waals surface area contributed by atoms with Crippen LogP contribution in [0.1, 0.15) is 11.1 Å². The monoisotopic (exact) mass is 296 g/mol. The number of rotatable bonds is 5. The number of hydrogen-bond donors (Lipinski definition) is 2. The molecule has 0 saturated heterocycles. The van der Waals surface area contributed by atoms with Gasteiger partial charge in [-0.25, -0.2) is 4.39 Å². The fourth-order valence-corrected chi connectivity index (χ4v) is 2.48. The van der Waals surface area contributed by atoms with Crippen LogP contribution in [0.4, 0.5) is 10.1 Å². The van der Waals surface area contributed by atoms with Gasteiger partial charge in [-0.3, -0.25) is 4.98 Å². The first-order valence-corrected chi connectivity index (χ1v) is 7.23. The van der Waals surface area contributed by atoms with Crippen LogP contribution in [0.3, 0.4) is 0 Å². The number of nitrogens with one attached hydrogen (secondary N) is 1. The first-order chi connectivity index (χ1) is 10.8. The zero-order valence-electron chi connectivity index (χ0n) is 12.1. The molecule has 0 amide bonds. The Labute approximate surface area is 128 Å². The number of hydrogen-bond acceptors (Lipinski definition) is 3. The molecule has 0 radical (unpaired) electrons. The normalized spacial score (nSPS) is 10.8. The maximum absolute atomic E-state index is 13.7. The van der Waals surface area contributed by atoms with Crippen molar-refractivity contribution in [3.8, 4) is 0 Å². The van der Waals surface area contributed by atoms with E-state index in [0.29, 0.717) is 13.0 Å². The molecule has 1 aromatic heterocycles.